The molecule has 2 N–H and O–H groups in total. The van der Waals surface area contributed by atoms with E-state index in [1.165, 1.54) is 25.7 Å². The molecule has 0 heterocycles. The number of hydrogen-bond acceptors (Lipinski definition) is 2. The third-order valence-corrected chi connectivity index (χ3v) is 5.37. The van der Waals surface area contributed by atoms with Gasteiger partial charge in [0.1, 0.15) is 0 Å². The minimum absolute atomic E-state index is 0.354. The third-order valence-electron chi connectivity index (χ3n) is 5.37. The molecule has 0 aromatic rings. The van der Waals surface area contributed by atoms with Gasteiger partial charge in [0.25, 0.3) is 0 Å². The predicted octanol–water partition coefficient (Wildman–Crippen LogP) is 2.34. The summed E-state index contributed by atoms with van der Waals surface area (Å²) in [5.41, 5.74) is 0.455. The monoisotopic (exact) mass is 235 g/mol. The number of fused-ring (bicyclic) bond motifs is 2. The predicted molar refractivity (Wildman–Crippen MR) is 69.7 cm³/mol. The Bertz CT molecular complexity index is 308. The van der Waals surface area contributed by atoms with Gasteiger partial charge in [-0.1, -0.05) is 12.2 Å². The second-order valence-corrected chi connectivity index (χ2v) is 6.59. The van der Waals surface area contributed by atoms with Crippen LogP contribution in [-0.4, -0.2) is 24.3 Å². The third kappa shape index (κ3) is 2.30. The van der Waals surface area contributed by atoms with Crippen LogP contribution in [0.25, 0.3) is 0 Å². The van der Waals surface area contributed by atoms with Gasteiger partial charge in [-0.05, 0) is 62.2 Å². The lowest BCUT2D eigenvalue weighted by atomic mass is 9.87. The lowest BCUT2D eigenvalue weighted by Gasteiger charge is -2.28. The first kappa shape index (κ1) is 11.7. The van der Waals surface area contributed by atoms with Crippen LogP contribution in [0.2, 0.25) is 0 Å². The summed E-state index contributed by atoms with van der Waals surface area (Å²) in [6, 6.07) is 0.645. The first-order chi connectivity index (χ1) is 8.22. The smallest absolute Gasteiger partial charge is 0.0436 e. The summed E-state index contributed by atoms with van der Waals surface area (Å²) >= 11 is 0. The summed E-state index contributed by atoms with van der Waals surface area (Å²) in [7, 11) is 0. The van der Waals surface area contributed by atoms with Gasteiger partial charge in [0, 0.05) is 19.2 Å². The summed E-state index contributed by atoms with van der Waals surface area (Å²) in [6.07, 6.45) is 11.3. The van der Waals surface area contributed by atoms with Crippen LogP contribution in [0.1, 0.15) is 39.0 Å². The molecular formula is C15H25NO. The van der Waals surface area contributed by atoms with Crippen LogP contribution in [-0.2, 0) is 0 Å². The van der Waals surface area contributed by atoms with Crippen molar-refractivity contribution in [2.75, 3.05) is 13.2 Å². The summed E-state index contributed by atoms with van der Waals surface area (Å²) < 4.78 is 0. The lowest BCUT2D eigenvalue weighted by molar-refractivity contribution is 0.233. The van der Waals surface area contributed by atoms with Gasteiger partial charge < -0.3 is 10.4 Å². The van der Waals surface area contributed by atoms with Gasteiger partial charge in [-0.3, -0.25) is 0 Å². The van der Waals surface area contributed by atoms with Crippen molar-refractivity contribution in [3.63, 3.8) is 0 Å². The van der Waals surface area contributed by atoms with E-state index in [2.05, 4.69) is 24.4 Å². The molecule has 2 nitrogen and oxygen atoms in total. The Balaban J connectivity index is 1.48. The molecule has 3 aliphatic carbocycles. The first-order valence-electron chi connectivity index (χ1n) is 7.25. The molecule has 96 valence electrons. The molecule has 0 spiro atoms. The zero-order valence-corrected chi connectivity index (χ0v) is 10.9. The molecule has 2 heteroatoms. The average Bonchev–Trinajstić information content (AvgIpc) is 2.79. The highest BCUT2D eigenvalue weighted by Crippen LogP contribution is 2.49. The van der Waals surface area contributed by atoms with Gasteiger partial charge in [-0.15, -0.1) is 0 Å². The number of aliphatic hydroxyl groups is 1. The van der Waals surface area contributed by atoms with E-state index in [-0.39, 0.29) is 0 Å². The normalized spacial score (nSPS) is 38.6. The van der Waals surface area contributed by atoms with Crippen molar-refractivity contribution < 1.29 is 5.11 Å². The van der Waals surface area contributed by atoms with E-state index in [1.807, 2.05) is 0 Å². The molecule has 0 radical (unpaired) electrons. The standard InChI is InChI=1S/C15H25NO/c1-11(14-9-12-2-3-13(14)8-12)16-10-15(4-5-15)6-7-17/h2-3,11-14,16-17H,4-10H2,1H3. The van der Waals surface area contributed by atoms with Gasteiger partial charge in [0.05, 0.1) is 0 Å². The summed E-state index contributed by atoms with van der Waals surface area (Å²) in [6.45, 7) is 3.83. The highest BCUT2D eigenvalue weighted by molar-refractivity contribution is 5.11. The lowest BCUT2D eigenvalue weighted by Crippen LogP contribution is -2.39. The zero-order chi connectivity index (χ0) is 11.9. The van der Waals surface area contributed by atoms with Gasteiger partial charge in [-0.25, -0.2) is 0 Å². The Kier molecular flexibility index (Phi) is 3.04. The number of allylic oxidation sites excluding steroid dienone is 2. The molecule has 0 amide bonds. The summed E-state index contributed by atoms with van der Waals surface area (Å²) in [4.78, 5) is 0. The van der Waals surface area contributed by atoms with Crippen LogP contribution in [0.5, 0.6) is 0 Å². The topological polar surface area (TPSA) is 32.3 Å². The quantitative estimate of drug-likeness (QED) is 0.693. The molecule has 2 saturated carbocycles. The Hall–Kier alpha value is -0.340. The van der Waals surface area contributed by atoms with Gasteiger partial charge in [-0.2, -0.15) is 0 Å². The van der Waals surface area contributed by atoms with Crippen molar-refractivity contribution in [2.24, 2.45) is 23.2 Å². The van der Waals surface area contributed by atoms with E-state index in [0.717, 1.165) is 30.7 Å². The van der Waals surface area contributed by atoms with Crippen LogP contribution in [0.3, 0.4) is 0 Å². The maximum atomic E-state index is 9.07. The fourth-order valence-electron chi connectivity index (χ4n) is 3.86. The SMILES string of the molecule is CC(NCC1(CCO)CC1)C1CC2C=CC1C2. The number of nitrogens with one attached hydrogen (secondary N) is 1. The van der Waals surface area contributed by atoms with Crippen molar-refractivity contribution in [3.8, 4) is 0 Å². The average molecular weight is 235 g/mol. The largest absolute Gasteiger partial charge is 0.396 e. The number of rotatable bonds is 6. The summed E-state index contributed by atoms with van der Waals surface area (Å²) in [5, 5.41) is 12.8. The van der Waals surface area contributed by atoms with Crippen LogP contribution < -0.4 is 5.32 Å². The highest BCUT2D eigenvalue weighted by atomic mass is 16.3. The van der Waals surface area contributed by atoms with E-state index in [9.17, 15) is 0 Å². The second kappa shape index (κ2) is 4.40. The minimum Gasteiger partial charge on any atom is -0.396 e. The van der Waals surface area contributed by atoms with Crippen LogP contribution in [0, 0.1) is 23.2 Å². The van der Waals surface area contributed by atoms with E-state index in [0.29, 0.717) is 18.1 Å². The van der Waals surface area contributed by atoms with Crippen molar-refractivity contribution in [3.05, 3.63) is 12.2 Å². The van der Waals surface area contributed by atoms with Crippen molar-refractivity contribution in [1.29, 1.82) is 0 Å². The Morgan fingerprint density at radius 2 is 2.18 bits per heavy atom. The minimum atomic E-state index is 0.354. The van der Waals surface area contributed by atoms with Gasteiger partial charge >= 0.3 is 0 Å². The molecule has 0 aliphatic heterocycles. The number of aliphatic hydroxyl groups excluding tert-OH is 1. The highest BCUT2D eigenvalue weighted by Gasteiger charge is 2.43. The molecule has 4 unspecified atom stereocenters. The maximum Gasteiger partial charge on any atom is 0.0436 e. The van der Waals surface area contributed by atoms with Crippen LogP contribution >= 0.6 is 0 Å². The van der Waals surface area contributed by atoms with Crippen molar-refractivity contribution in [1.82, 2.24) is 5.32 Å². The molecule has 2 bridgehead atoms. The van der Waals surface area contributed by atoms with E-state index in [1.54, 1.807) is 0 Å². The molecule has 3 aliphatic rings. The maximum absolute atomic E-state index is 9.07. The molecule has 0 aromatic heterocycles. The van der Waals surface area contributed by atoms with E-state index >= 15 is 0 Å². The Morgan fingerprint density at radius 1 is 1.35 bits per heavy atom. The van der Waals surface area contributed by atoms with Gasteiger partial charge in [0.2, 0.25) is 0 Å². The van der Waals surface area contributed by atoms with E-state index < -0.39 is 0 Å². The zero-order valence-electron chi connectivity index (χ0n) is 10.9. The summed E-state index contributed by atoms with van der Waals surface area (Å²) in [5.74, 6) is 2.58. The Labute approximate surface area is 104 Å². The Morgan fingerprint density at radius 3 is 2.71 bits per heavy atom. The van der Waals surface area contributed by atoms with Crippen molar-refractivity contribution >= 4 is 0 Å². The molecule has 0 aromatic carbocycles. The molecule has 4 atom stereocenters. The molecule has 17 heavy (non-hydrogen) atoms. The number of hydrogen-bond donors (Lipinski definition) is 2. The first-order valence-corrected chi connectivity index (χ1v) is 7.25. The molecule has 0 saturated heterocycles. The van der Waals surface area contributed by atoms with Crippen LogP contribution in [0.4, 0.5) is 0 Å². The fourth-order valence-corrected chi connectivity index (χ4v) is 3.86. The van der Waals surface area contributed by atoms with Crippen LogP contribution in [0.15, 0.2) is 12.2 Å². The van der Waals surface area contributed by atoms with E-state index in [4.69, 9.17) is 5.11 Å². The fraction of sp³-hybridized carbons (Fsp3) is 0.867. The second-order valence-electron chi connectivity index (χ2n) is 6.59. The van der Waals surface area contributed by atoms with Crippen molar-refractivity contribution in [2.45, 2.75) is 45.1 Å². The van der Waals surface area contributed by atoms with Gasteiger partial charge in [0.15, 0.2) is 0 Å². The molecular weight excluding hydrogens is 210 g/mol. The molecule has 2 fully saturated rings. The molecule has 3 rings (SSSR count).